The maximum atomic E-state index is 12.8. The van der Waals surface area contributed by atoms with Crippen molar-refractivity contribution in [3.63, 3.8) is 0 Å². The number of hydrogen-bond acceptors (Lipinski definition) is 5. The lowest BCUT2D eigenvalue weighted by molar-refractivity contribution is 0.0627. The van der Waals surface area contributed by atoms with Crippen molar-refractivity contribution in [2.75, 3.05) is 46.5 Å². The summed E-state index contributed by atoms with van der Waals surface area (Å²) in [7, 11) is 1.64. The van der Waals surface area contributed by atoms with Gasteiger partial charge in [0.2, 0.25) is 0 Å². The number of aromatic nitrogens is 1. The van der Waals surface area contributed by atoms with Gasteiger partial charge in [-0.15, -0.1) is 0 Å². The third kappa shape index (κ3) is 5.03. The Morgan fingerprint density at radius 3 is 2.69 bits per heavy atom. The minimum absolute atomic E-state index is 0.0585. The SMILES string of the molecule is COCCOc1cccc(C(=O)N2CCN(Cc3cccnc3)CC2)c1. The van der Waals surface area contributed by atoms with Crippen LogP contribution in [0.15, 0.2) is 48.8 Å². The summed E-state index contributed by atoms with van der Waals surface area (Å²) in [5, 5.41) is 0. The Morgan fingerprint density at radius 1 is 1.12 bits per heavy atom. The summed E-state index contributed by atoms with van der Waals surface area (Å²) in [5.41, 5.74) is 1.87. The maximum Gasteiger partial charge on any atom is 0.254 e. The number of carbonyl (C=O) groups is 1. The van der Waals surface area contributed by atoms with Gasteiger partial charge in [-0.25, -0.2) is 0 Å². The summed E-state index contributed by atoms with van der Waals surface area (Å²) in [6, 6.07) is 11.4. The van der Waals surface area contributed by atoms with Gasteiger partial charge in [0.25, 0.3) is 5.91 Å². The minimum Gasteiger partial charge on any atom is -0.491 e. The van der Waals surface area contributed by atoms with E-state index >= 15 is 0 Å². The number of benzene rings is 1. The number of methoxy groups -OCH3 is 1. The molecular formula is C20H25N3O3. The lowest BCUT2D eigenvalue weighted by Crippen LogP contribution is -2.48. The molecule has 3 rings (SSSR count). The lowest BCUT2D eigenvalue weighted by atomic mass is 10.1. The Bertz CT molecular complexity index is 700. The van der Waals surface area contributed by atoms with Crippen LogP contribution in [0.2, 0.25) is 0 Å². The molecule has 1 fully saturated rings. The summed E-state index contributed by atoms with van der Waals surface area (Å²) in [4.78, 5) is 21.2. The first kappa shape index (κ1) is 18.4. The second-order valence-electron chi connectivity index (χ2n) is 6.30. The second kappa shape index (κ2) is 9.31. The molecule has 0 atom stereocenters. The summed E-state index contributed by atoms with van der Waals surface area (Å²) >= 11 is 0. The fourth-order valence-corrected chi connectivity index (χ4v) is 3.00. The molecule has 1 aromatic carbocycles. The average molecular weight is 355 g/mol. The number of hydrogen-bond donors (Lipinski definition) is 0. The van der Waals surface area contributed by atoms with Crippen molar-refractivity contribution in [2.45, 2.75) is 6.54 Å². The quantitative estimate of drug-likeness (QED) is 0.712. The van der Waals surface area contributed by atoms with Gasteiger partial charge in [0.1, 0.15) is 12.4 Å². The smallest absolute Gasteiger partial charge is 0.254 e. The lowest BCUT2D eigenvalue weighted by Gasteiger charge is -2.34. The van der Waals surface area contributed by atoms with Crippen molar-refractivity contribution in [1.82, 2.24) is 14.8 Å². The molecule has 0 radical (unpaired) electrons. The van der Waals surface area contributed by atoms with E-state index in [1.165, 1.54) is 5.56 Å². The van der Waals surface area contributed by atoms with Gasteiger partial charge in [-0.05, 0) is 29.8 Å². The van der Waals surface area contributed by atoms with Crippen LogP contribution in [0.5, 0.6) is 5.75 Å². The van der Waals surface area contributed by atoms with E-state index in [4.69, 9.17) is 9.47 Å². The standard InChI is InChI=1S/C20H25N3O3/c1-25-12-13-26-19-6-2-5-18(14-19)20(24)23-10-8-22(9-11-23)16-17-4-3-7-21-15-17/h2-7,14-15H,8-13,16H2,1H3. The van der Waals surface area contributed by atoms with Crippen molar-refractivity contribution < 1.29 is 14.3 Å². The Kier molecular flexibility index (Phi) is 6.57. The largest absolute Gasteiger partial charge is 0.491 e. The molecule has 1 aliphatic heterocycles. The fraction of sp³-hybridized carbons (Fsp3) is 0.400. The second-order valence-corrected chi connectivity index (χ2v) is 6.30. The van der Waals surface area contributed by atoms with E-state index in [1.54, 1.807) is 19.4 Å². The highest BCUT2D eigenvalue weighted by Gasteiger charge is 2.22. The number of rotatable bonds is 7. The first-order valence-electron chi connectivity index (χ1n) is 8.88. The third-order valence-electron chi connectivity index (χ3n) is 4.43. The molecule has 1 amide bonds. The van der Waals surface area contributed by atoms with Crippen LogP contribution in [0.3, 0.4) is 0 Å². The van der Waals surface area contributed by atoms with Crippen LogP contribution in [0.4, 0.5) is 0 Å². The number of amides is 1. The van der Waals surface area contributed by atoms with Crippen LogP contribution in [0, 0.1) is 0 Å². The Hall–Kier alpha value is -2.44. The number of ether oxygens (including phenoxy) is 2. The Labute approximate surface area is 154 Å². The average Bonchev–Trinajstić information content (AvgIpc) is 2.69. The molecule has 0 N–H and O–H groups in total. The van der Waals surface area contributed by atoms with Crippen LogP contribution < -0.4 is 4.74 Å². The van der Waals surface area contributed by atoms with E-state index < -0.39 is 0 Å². The van der Waals surface area contributed by atoms with Crippen LogP contribution in [0.25, 0.3) is 0 Å². The zero-order chi connectivity index (χ0) is 18.2. The normalized spacial score (nSPS) is 15.0. The van der Waals surface area contributed by atoms with E-state index in [2.05, 4.69) is 16.0 Å². The van der Waals surface area contributed by atoms with Crippen LogP contribution in [-0.4, -0.2) is 67.2 Å². The molecule has 0 spiro atoms. The first-order valence-corrected chi connectivity index (χ1v) is 8.88. The minimum atomic E-state index is 0.0585. The van der Waals surface area contributed by atoms with Gasteiger partial charge in [0.15, 0.2) is 0 Å². The molecule has 138 valence electrons. The monoisotopic (exact) mass is 355 g/mol. The third-order valence-corrected chi connectivity index (χ3v) is 4.43. The molecule has 1 aliphatic rings. The Balaban J connectivity index is 1.52. The predicted octanol–water partition coefficient (Wildman–Crippen LogP) is 2.06. The summed E-state index contributed by atoms with van der Waals surface area (Å²) in [5.74, 6) is 0.756. The van der Waals surface area contributed by atoms with Crippen molar-refractivity contribution in [3.05, 3.63) is 59.9 Å². The summed E-state index contributed by atoms with van der Waals surface area (Å²) < 4.78 is 10.6. The van der Waals surface area contributed by atoms with Gasteiger partial charge in [0, 0.05) is 57.8 Å². The Morgan fingerprint density at radius 2 is 1.96 bits per heavy atom. The highest BCUT2D eigenvalue weighted by atomic mass is 16.5. The van der Waals surface area contributed by atoms with Crippen LogP contribution >= 0.6 is 0 Å². The first-order chi connectivity index (χ1) is 12.8. The summed E-state index contributed by atoms with van der Waals surface area (Å²) in [6.45, 7) is 5.06. The molecule has 0 unspecified atom stereocenters. The van der Waals surface area contributed by atoms with Crippen molar-refractivity contribution in [2.24, 2.45) is 0 Å². The number of piperazine rings is 1. The van der Waals surface area contributed by atoms with Crippen molar-refractivity contribution >= 4 is 5.91 Å². The van der Waals surface area contributed by atoms with Gasteiger partial charge in [-0.1, -0.05) is 12.1 Å². The molecule has 1 aromatic heterocycles. The number of carbonyl (C=O) groups excluding carboxylic acids is 1. The summed E-state index contributed by atoms with van der Waals surface area (Å²) in [6.07, 6.45) is 3.68. The van der Waals surface area contributed by atoms with E-state index in [-0.39, 0.29) is 5.91 Å². The molecule has 1 saturated heterocycles. The molecule has 26 heavy (non-hydrogen) atoms. The highest BCUT2D eigenvalue weighted by Crippen LogP contribution is 2.16. The molecule has 0 saturated carbocycles. The van der Waals surface area contributed by atoms with Gasteiger partial charge >= 0.3 is 0 Å². The molecule has 0 bridgehead atoms. The molecular weight excluding hydrogens is 330 g/mol. The molecule has 6 heteroatoms. The van der Waals surface area contributed by atoms with Crippen LogP contribution in [-0.2, 0) is 11.3 Å². The highest BCUT2D eigenvalue weighted by molar-refractivity contribution is 5.94. The van der Waals surface area contributed by atoms with Gasteiger partial charge in [-0.3, -0.25) is 14.7 Å². The predicted molar refractivity (Wildman–Crippen MR) is 99.2 cm³/mol. The fourth-order valence-electron chi connectivity index (χ4n) is 3.00. The topological polar surface area (TPSA) is 54.9 Å². The maximum absolute atomic E-state index is 12.8. The van der Waals surface area contributed by atoms with Crippen molar-refractivity contribution in [1.29, 1.82) is 0 Å². The molecule has 2 heterocycles. The van der Waals surface area contributed by atoms with E-state index in [0.717, 1.165) is 32.7 Å². The van der Waals surface area contributed by atoms with Gasteiger partial charge in [0.05, 0.1) is 6.61 Å². The van der Waals surface area contributed by atoms with E-state index in [0.29, 0.717) is 24.5 Å². The zero-order valence-corrected chi connectivity index (χ0v) is 15.1. The molecule has 6 nitrogen and oxygen atoms in total. The molecule has 2 aromatic rings. The van der Waals surface area contributed by atoms with Gasteiger partial charge in [-0.2, -0.15) is 0 Å². The van der Waals surface area contributed by atoms with Crippen molar-refractivity contribution in [3.8, 4) is 5.75 Å². The number of pyridine rings is 1. The van der Waals surface area contributed by atoms with E-state index in [9.17, 15) is 4.79 Å². The van der Waals surface area contributed by atoms with Gasteiger partial charge < -0.3 is 14.4 Å². The van der Waals surface area contributed by atoms with Crippen LogP contribution in [0.1, 0.15) is 15.9 Å². The number of nitrogens with zero attached hydrogens (tertiary/aromatic N) is 3. The molecule has 0 aliphatic carbocycles. The van der Waals surface area contributed by atoms with E-state index in [1.807, 2.05) is 35.4 Å². The zero-order valence-electron chi connectivity index (χ0n) is 15.1.